The molecule has 1 aliphatic heterocycles. The van der Waals surface area contributed by atoms with Crippen LogP contribution in [0, 0.1) is 6.92 Å². The van der Waals surface area contributed by atoms with Gasteiger partial charge in [0.25, 0.3) is 5.91 Å². The van der Waals surface area contributed by atoms with Crippen LogP contribution in [0.2, 0.25) is 0 Å². The van der Waals surface area contributed by atoms with Gasteiger partial charge in [0.05, 0.1) is 17.4 Å². The molecule has 0 aliphatic carbocycles. The van der Waals surface area contributed by atoms with Gasteiger partial charge in [-0.25, -0.2) is 0 Å². The zero-order chi connectivity index (χ0) is 19.3. The van der Waals surface area contributed by atoms with E-state index in [4.69, 9.17) is 14.2 Å². The van der Waals surface area contributed by atoms with E-state index in [1.165, 1.54) is 0 Å². The van der Waals surface area contributed by atoms with Crippen LogP contribution in [-0.2, 0) is 13.0 Å². The Morgan fingerprint density at radius 1 is 1.18 bits per heavy atom. The average Bonchev–Trinajstić information content (AvgIpc) is 3.34. The van der Waals surface area contributed by atoms with Crippen LogP contribution in [0.1, 0.15) is 27.3 Å². The average molecular weight is 397 g/mol. The van der Waals surface area contributed by atoms with Gasteiger partial charge in [-0.05, 0) is 49.2 Å². The number of carbonyl (C=O) groups is 1. The number of fused-ring (bicyclic) bond motifs is 1. The summed E-state index contributed by atoms with van der Waals surface area (Å²) >= 11 is 1.16. The Morgan fingerprint density at radius 2 is 2.07 bits per heavy atom. The summed E-state index contributed by atoms with van der Waals surface area (Å²) in [5.74, 6) is 1.99. The molecule has 0 saturated heterocycles. The molecular weight excluding hydrogens is 378 g/mol. The van der Waals surface area contributed by atoms with Crippen LogP contribution in [0.25, 0.3) is 0 Å². The number of nitrogens with one attached hydrogen (secondary N) is 1. The molecule has 0 atom stereocenters. The van der Waals surface area contributed by atoms with Crippen LogP contribution in [0.15, 0.2) is 42.5 Å². The number of amides is 1. The summed E-state index contributed by atoms with van der Waals surface area (Å²) in [5, 5.41) is 2.93. The molecule has 144 valence electrons. The van der Waals surface area contributed by atoms with E-state index in [0.717, 1.165) is 40.2 Å². The lowest BCUT2D eigenvalue weighted by molar-refractivity contribution is 0.0953. The first kappa shape index (κ1) is 18.2. The predicted molar refractivity (Wildman–Crippen MR) is 104 cm³/mol. The second-order valence-corrected chi connectivity index (χ2v) is 6.83. The highest BCUT2D eigenvalue weighted by Gasteiger charge is 2.13. The first-order valence-corrected chi connectivity index (χ1v) is 9.60. The number of nitrogens with zero attached hydrogens (tertiary/aromatic N) is 2. The largest absolute Gasteiger partial charge is 0.487 e. The molecule has 0 bridgehead atoms. The van der Waals surface area contributed by atoms with Gasteiger partial charge < -0.3 is 19.5 Å². The Bertz CT molecular complexity index is 989. The van der Waals surface area contributed by atoms with Gasteiger partial charge in [-0.1, -0.05) is 12.1 Å². The number of ether oxygens (including phenoxy) is 3. The second kappa shape index (κ2) is 8.26. The van der Waals surface area contributed by atoms with Crippen LogP contribution in [0.4, 0.5) is 0 Å². The van der Waals surface area contributed by atoms with Crippen molar-refractivity contribution in [1.82, 2.24) is 14.1 Å². The van der Waals surface area contributed by atoms with Crippen molar-refractivity contribution in [1.29, 1.82) is 0 Å². The molecule has 4 rings (SSSR count). The van der Waals surface area contributed by atoms with Gasteiger partial charge in [0.15, 0.2) is 11.5 Å². The van der Waals surface area contributed by atoms with Gasteiger partial charge in [-0.3, -0.25) is 4.79 Å². The Morgan fingerprint density at radius 3 is 2.93 bits per heavy atom. The lowest BCUT2D eigenvalue weighted by Crippen LogP contribution is -2.25. The number of aromatic nitrogens is 2. The van der Waals surface area contributed by atoms with Gasteiger partial charge in [-0.2, -0.15) is 8.75 Å². The van der Waals surface area contributed by atoms with Crippen LogP contribution in [0.5, 0.6) is 17.2 Å². The molecule has 0 radical (unpaired) electrons. The Kier molecular flexibility index (Phi) is 5.38. The first-order chi connectivity index (χ1) is 13.7. The summed E-state index contributed by atoms with van der Waals surface area (Å²) in [6, 6.07) is 12.9. The molecule has 3 aromatic rings. The van der Waals surface area contributed by atoms with Crippen LogP contribution < -0.4 is 19.5 Å². The number of benzene rings is 2. The maximum Gasteiger partial charge on any atom is 0.251 e. The van der Waals surface area contributed by atoms with Gasteiger partial charge >= 0.3 is 0 Å². The number of hydrogen-bond donors (Lipinski definition) is 1. The summed E-state index contributed by atoms with van der Waals surface area (Å²) in [5.41, 5.74) is 3.30. The molecule has 0 saturated carbocycles. The van der Waals surface area contributed by atoms with Crippen molar-refractivity contribution < 1.29 is 19.0 Å². The molecule has 0 spiro atoms. The van der Waals surface area contributed by atoms with Crippen molar-refractivity contribution in [3.05, 3.63) is 65.0 Å². The van der Waals surface area contributed by atoms with E-state index in [-0.39, 0.29) is 12.7 Å². The minimum Gasteiger partial charge on any atom is -0.487 e. The summed E-state index contributed by atoms with van der Waals surface area (Å²) < 4.78 is 24.7. The summed E-state index contributed by atoms with van der Waals surface area (Å²) in [7, 11) is 0. The first-order valence-electron chi connectivity index (χ1n) is 8.86. The minimum absolute atomic E-state index is 0.141. The number of aryl methyl sites for hydroxylation is 1. The molecular formula is C20H19N3O4S. The van der Waals surface area contributed by atoms with Crippen molar-refractivity contribution in [2.75, 3.05) is 13.3 Å². The summed E-state index contributed by atoms with van der Waals surface area (Å²) in [6.07, 6.45) is 0.703. The quantitative estimate of drug-likeness (QED) is 0.660. The highest BCUT2D eigenvalue weighted by molar-refractivity contribution is 6.99. The fourth-order valence-corrected chi connectivity index (χ4v) is 3.33. The molecule has 2 aromatic carbocycles. The third-order valence-electron chi connectivity index (χ3n) is 4.35. The van der Waals surface area contributed by atoms with E-state index in [9.17, 15) is 4.79 Å². The van der Waals surface area contributed by atoms with Crippen molar-refractivity contribution in [2.45, 2.75) is 20.0 Å². The van der Waals surface area contributed by atoms with E-state index < -0.39 is 0 Å². The van der Waals surface area contributed by atoms with E-state index in [0.29, 0.717) is 30.9 Å². The third kappa shape index (κ3) is 4.23. The second-order valence-electron chi connectivity index (χ2n) is 6.31. The third-order valence-corrected chi connectivity index (χ3v) is 5.01. The Labute approximate surface area is 166 Å². The van der Waals surface area contributed by atoms with Gasteiger partial charge in [-0.15, -0.1) is 0 Å². The Hall–Kier alpha value is -3.13. The van der Waals surface area contributed by atoms with Crippen molar-refractivity contribution >= 4 is 17.6 Å². The normalized spacial score (nSPS) is 12.0. The highest BCUT2D eigenvalue weighted by Crippen LogP contribution is 2.32. The SMILES string of the molecule is Cc1nsnc1COc1cccc(C(=O)NCCc2ccc3c(c2)OCO3)c1. The lowest BCUT2D eigenvalue weighted by atomic mass is 10.1. The van der Waals surface area contributed by atoms with Gasteiger partial charge in [0.1, 0.15) is 18.1 Å². The standard InChI is InChI=1S/C20H19N3O4S/c1-13-17(23-28-22-13)11-25-16-4-2-3-15(10-16)20(24)21-8-7-14-5-6-18-19(9-14)27-12-26-18/h2-6,9-10H,7-8,11-12H2,1H3,(H,21,24). The van der Waals surface area contributed by atoms with E-state index in [1.807, 2.05) is 31.2 Å². The molecule has 1 aliphatic rings. The smallest absolute Gasteiger partial charge is 0.251 e. The monoisotopic (exact) mass is 397 g/mol. The maximum absolute atomic E-state index is 12.4. The minimum atomic E-state index is -0.141. The number of carbonyl (C=O) groups excluding carboxylic acids is 1. The molecule has 28 heavy (non-hydrogen) atoms. The fourth-order valence-electron chi connectivity index (χ4n) is 2.78. The van der Waals surface area contributed by atoms with Crippen LogP contribution >= 0.6 is 11.7 Å². The molecule has 7 nitrogen and oxygen atoms in total. The lowest BCUT2D eigenvalue weighted by Gasteiger charge is -2.09. The molecule has 0 fully saturated rings. The molecule has 1 aromatic heterocycles. The zero-order valence-corrected chi connectivity index (χ0v) is 16.1. The van der Waals surface area contributed by atoms with Gasteiger partial charge in [0.2, 0.25) is 6.79 Å². The number of hydrogen-bond acceptors (Lipinski definition) is 7. The molecule has 8 heteroatoms. The van der Waals surface area contributed by atoms with Crippen LogP contribution in [0.3, 0.4) is 0 Å². The van der Waals surface area contributed by atoms with Crippen LogP contribution in [-0.4, -0.2) is 28.0 Å². The van der Waals surface area contributed by atoms with E-state index >= 15 is 0 Å². The Balaban J connectivity index is 1.30. The molecule has 2 heterocycles. The molecule has 1 amide bonds. The highest BCUT2D eigenvalue weighted by atomic mass is 32.1. The number of rotatable bonds is 7. The van der Waals surface area contributed by atoms with Crippen molar-refractivity contribution in [2.24, 2.45) is 0 Å². The predicted octanol–water partition coefficient (Wildman–Crippen LogP) is 3.13. The fraction of sp³-hybridized carbons (Fsp3) is 0.250. The van der Waals surface area contributed by atoms with Gasteiger partial charge in [0, 0.05) is 12.1 Å². The van der Waals surface area contributed by atoms with Crippen molar-refractivity contribution in [3.63, 3.8) is 0 Å². The zero-order valence-electron chi connectivity index (χ0n) is 15.3. The maximum atomic E-state index is 12.4. The van der Waals surface area contributed by atoms with E-state index in [1.54, 1.807) is 18.2 Å². The molecule has 1 N–H and O–H groups in total. The molecule has 0 unspecified atom stereocenters. The summed E-state index contributed by atoms with van der Waals surface area (Å²) in [4.78, 5) is 12.4. The topological polar surface area (TPSA) is 82.6 Å². The van der Waals surface area contributed by atoms with E-state index in [2.05, 4.69) is 14.1 Å². The van der Waals surface area contributed by atoms with Crippen molar-refractivity contribution in [3.8, 4) is 17.2 Å². The summed E-state index contributed by atoms with van der Waals surface area (Å²) in [6.45, 7) is 3.00.